The summed E-state index contributed by atoms with van der Waals surface area (Å²) in [6.07, 6.45) is 1.12. The fourth-order valence-corrected chi connectivity index (χ4v) is 1.23. The van der Waals surface area contributed by atoms with Crippen molar-refractivity contribution in [2.75, 3.05) is 12.4 Å². The van der Waals surface area contributed by atoms with Crippen molar-refractivity contribution >= 4 is 29.4 Å². The number of alkyl halides is 1. The minimum absolute atomic E-state index is 0.0868. The van der Waals surface area contributed by atoms with Gasteiger partial charge < -0.3 is 10.6 Å². The Labute approximate surface area is 112 Å². The summed E-state index contributed by atoms with van der Waals surface area (Å²) < 4.78 is 0. The Morgan fingerprint density at radius 1 is 1.17 bits per heavy atom. The number of imide groups is 1. The van der Waals surface area contributed by atoms with Crippen molar-refractivity contribution in [3.05, 3.63) is 0 Å². The van der Waals surface area contributed by atoms with Crippen molar-refractivity contribution in [3.8, 4) is 0 Å². The summed E-state index contributed by atoms with van der Waals surface area (Å²) in [5.41, 5.74) is 0. The molecule has 0 aromatic rings. The molecule has 104 valence electrons. The molecule has 1 atom stereocenters. The van der Waals surface area contributed by atoms with Gasteiger partial charge in [0.1, 0.15) is 0 Å². The molecule has 0 spiro atoms. The maximum atomic E-state index is 11.4. The van der Waals surface area contributed by atoms with Crippen molar-refractivity contribution in [1.29, 1.82) is 0 Å². The topological polar surface area (TPSA) is 87.3 Å². The van der Waals surface area contributed by atoms with E-state index in [1.807, 2.05) is 13.8 Å². The molecule has 0 bridgehead atoms. The van der Waals surface area contributed by atoms with Gasteiger partial charge in [0, 0.05) is 31.3 Å². The van der Waals surface area contributed by atoms with Crippen LogP contribution in [0.25, 0.3) is 0 Å². The molecule has 0 aromatic heterocycles. The second-order valence-corrected chi connectivity index (χ2v) is 4.25. The summed E-state index contributed by atoms with van der Waals surface area (Å²) in [5.74, 6) is -0.403. The monoisotopic (exact) mass is 277 g/mol. The van der Waals surface area contributed by atoms with Gasteiger partial charge in [0.2, 0.25) is 11.8 Å². The number of urea groups is 1. The van der Waals surface area contributed by atoms with Gasteiger partial charge in [-0.1, -0.05) is 6.92 Å². The summed E-state index contributed by atoms with van der Waals surface area (Å²) >= 11 is 5.34. The van der Waals surface area contributed by atoms with Crippen LogP contribution in [0.5, 0.6) is 0 Å². The molecule has 0 rings (SSSR count). The number of hydrogen-bond donors (Lipinski definition) is 3. The quantitative estimate of drug-likeness (QED) is 0.600. The molecule has 0 aromatic carbocycles. The molecule has 0 aliphatic carbocycles. The smallest absolute Gasteiger partial charge is 0.321 e. The van der Waals surface area contributed by atoms with Crippen LogP contribution in [0.1, 0.15) is 33.1 Å². The molecule has 0 heterocycles. The predicted molar refractivity (Wildman–Crippen MR) is 69.4 cm³/mol. The maximum absolute atomic E-state index is 11.4. The van der Waals surface area contributed by atoms with Gasteiger partial charge in [-0.3, -0.25) is 14.9 Å². The highest BCUT2D eigenvalue weighted by atomic mass is 35.5. The van der Waals surface area contributed by atoms with E-state index in [0.717, 1.165) is 6.42 Å². The highest BCUT2D eigenvalue weighted by Gasteiger charge is 2.08. The van der Waals surface area contributed by atoms with Crippen LogP contribution in [0.2, 0.25) is 0 Å². The average molecular weight is 278 g/mol. The molecule has 4 amide bonds. The van der Waals surface area contributed by atoms with E-state index in [0.29, 0.717) is 0 Å². The maximum Gasteiger partial charge on any atom is 0.321 e. The first kappa shape index (κ1) is 16.7. The standard InChI is InChI=1S/C11H20ClN3O3/c1-3-8(2)14-10(17)5-7-13-11(18)15-9(16)4-6-12/h8H,3-7H2,1-2H3,(H,14,17)(H2,13,15,16,18). The molecule has 7 heteroatoms. The SMILES string of the molecule is CCC(C)NC(=O)CCNC(=O)NC(=O)CCCl. The fourth-order valence-electron chi connectivity index (χ4n) is 1.06. The molecule has 0 saturated carbocycles. The van der Waals surface area contributed by atoms with Gasteiger partial charge in [-0.25, -0.2) is 4.79 Å². The Hall–Kier alpha value is -1.30. The predicted octanol–water partition coefficient (Wildman–Crippen LogP) is 0.746. The number of carbonyl (C=O) groups is 3. The normalized spacial score (nSPS) is 11.5. The Morgan fingerprint density at radius 2 is 1.83 bits per heavy atom. The first-order valence-electron chi connectivity index (χ1n) is 5.92. The van der Waals surface area contributed by atoms with Crippen molar-refractivity contribution in [2.24, 2.45) is 0 Å². The van der Waals surface area contributed by atoms with Gasteiger partial charge in [0.15, 0.2) is 0 Å². The lowest BCUT2D eigenvalue weighted by Gasteiger charge is -2.11. The Kier molecular flexibility index (Phi) is 9.00. The lowest BCUT2D eigenvalue weighted by atomic mass is 10.2. The summed E-state index contributed by atoms with van der Waals surface area (Å²) in [4.78, 5) is 33.5. The highest BCUT2D eigenvalue weighted by Crippen LogP contribution is 1.89. The van der Waals surface area contributed by atoms with E-state index in [2.05, 4.69) is 16.0 Å². The molecule has 3 N–H and O–H groups in total. The molecule has 0 fully saturated rings. The summed E-state index contributed by atoms with van der Waals surface area (Å²) in [5, 5.41) is 7.29. The third-order valence-electron chi connectivity index (χ3n) is 2.23. The second-order valence-electron chi connectivity index (χ2n) is 3.87. The number of nitrogens with one attached hydrogen (secondary N) is 3. The van der Waals surface area contributed by atoms with Crippen LogP contribution in [0.4, 0.5) is 4.79 Å². The molecule has 0 radical (unpaired) electrons. The zero-order valence-corrected chi connectivity index (χ0v) is 11.5. The van der Waals surface area contributed by atoms with Crippen molar-refractivity contribution < 1.29 is 14.4 Å². The van der Waals surface area contributed by atoms with Gasteiger partial charge in [-0.2, -0.15) is 0 Å². The van der Waals surface area contributed by atoms with Crippen LogP contribution < -0.4 is 16.0 Å². The van der Waals surface area contributed by atoms with Crippen LogP contribution in [0.3, 0.4) is 0 Å². The average Bonchev–Trinajstić information content (AvgIpc) is 2.28. The number of hydrogen-bond acceptors (Lipinski definition) is 3. The van der Waals surface area contributed by atoms with E-state index in [4.69, 9.17) is 11.6 Å². The van der Waals surface area contributed by atoms with E-state index < -0.39 is 11.9 Å². The van der Waals surface area contributed by atoms with Gasteiger partial charge >= 0.3 is 6.03 Å². The largest absolute Gasteiger partial charge is 0.354 e. The summed E-state index contributed by atoms with van der Waals surface area (Å²) in [6, 6.07) is -0.488. The van der Waals surface area contributed by atoms with Gasteiger partial charge in [0.25, 0.3) is 0 Å². The summed E-state index contributed by atoms with van der Waals surface area (Å²) in [6.45, 7) is 4.06. The number of halogens is 1. The third kappa shape index (κ3) is 8.81. The minimum atomic E-state index is -0.610. The van der Waals surface area contributed by atoms with E-state index in [1.165, 1.54) is 0 Å². The van der Waals surface area contributed by atoms with Crippen LogP contribution in [-0.2, 0) is 9.59 Å². The molecule has 0 aliphatic rings. The molecule has 18 heavy (non-hydrogen) atoms. The van der Waals surface area contributed by atoms with Crippen LogP contribution in [0.15, 0.2) is 0 Å². The van der Waals surface area contributed by atoms with E-state index in [-0.39, 0.29) is 37.2 Å². The Balaban J connectivity index is 3.68. The first-order chi connectivity index (χ1) is 8.49. The number of amides is 4. The van der Waals surface area contributed by atoms with Crippen LogP contribution >= 0.6 is 11.6 Å². The summed E-state index contributed by atoms with van der Waals surface area (Å²) in [7, 11) is 0. The minimum Gasteiger partial charge on any atom is -0.354 e. The molecular formula is C11H20ClN3O3. The van der Waals surface area contributed by atoms with E-state index >= 15 is 0 Å². The van der Waals surface area contributed by atoms with E-state index in [9.17, 15) is 14.4 Å². The number of rotatable bonds is 7. The zero-order chi connectivity index (χ0) is 14.0. The fraction of sp³-hybridized carbons (Fsp3) is 0.727. The Bertz CT molecular complexity index is 297. The lowest BCUT2D eigenvalue weighted by Crippen LogP contribution is -2.41. The lowest BCUT2D eigenvalue weighted by molar-refractivity contribution is -0.121. The third-order valence-corrected chi connectivity index (χ3v) is 2.42. The van der Waals surface area contributed by atoms with Crippen LogP contribution in [0, 0.1) is 0 Å². The molecule has 6 nitrogen and oxygen atoms in total. The van der Waals surface area contributed by atoms with Crippen molar-refractivity contribution in [2.45, 2.75) is 39.2 Å². The molecule has 0 saturated heterocycles. The van der Waals surface area contributed by atoms with Crippen LogP contribution in [-0.4, -0.2) is 36.3 Å². The Morgan fingerprint density at radius 3 is 2.39 bits per heavy atom. The zero-order valence-electron chi connectivity index (χ0n) is 10.7. The number of carbonyl (C=O) groups excluding carboxylic acids is 3. The van der Waals surface area contributed by atoms with Crippen molar-refractivity contribution in [3.63, 3.8) is 0 Å². The molecule has 0 aliphatic heterocycles. The van der Waals surface area contributed by atoms with E-state index in [1.54, 1.807) is 0 Å². The van der Waals surface area contributed by atoms with Gasteiger partial charge in [-0.15, -0.1) is 11.6 Å². The molecule has 1 unspecified atom stereocenters. The van der Waals surface area contributed by atoms with Gasteiger partial charge in [-0.05, 0) is 13.3 Å². The second kappa shape index (κ2) is 9.70. The van der Waals surface area contributed by atoms with Crippen molar-refractivity contribution in [1.82, 2.24) is 16.0 Å². The highest BCUT2D eigenvalue weighted by molar-refractivity contribution is 6.19. The van der Waals surface area contributed by atoms with Gasteiger partial charge in [0.05, 0.1) is 0 Å². The molecular weight excluding hydrogens is 258 g/mol. The first-order valence-corrected chi connectivity index (χ1v) is 6.46.